The molecule has 1 aromatic carbocycles. The lowest BCUT2D eigenvalue weighted by molar-refractivity contribution is -0.113. The second-order valence-corrected chi connectivity index (χ2v) is 6.38. The zero-order valence-corrected chi connectivity index (χ0v) is 12.7. The number of hydrogen-bond acceptors (Lipinski definition) is 4. The molecule has 0 aromatic heterocycles. The van der Waals surface area contributed by atoms with Gasteiger partial charge in [-0.05, 0) is 38.0 Å². The zero-order valence-electron chi connectivity index (χ0n) is 11.8. The maximum atomic E-state index is 12.3. The quantitative estimate of drug-likeness (QED) is 0.896. The first-order valence-corrected chi connectivity index (χ1v) is 8.11. The molecule has 2 heterocycles. The molecule has 2 unspecified atom stereocenters. The number of thioether (sulfide) groups is 1. The van der Waals surface area contributed by atoms with E-state index in [0.717, 1.165) is 24.3 Å². The fourth-order valence-corrected chi connectivity index (χ4v) is 3.39. The van der Waals surface area contributed by atoms with E-state index in [1.54, 1.807) is 12.1 Å². The van der Waals surface area contributed by atoms with E-state index in [9.17, 15) is 9.59 Å². The summed E-state index contributed by atoms with van der Waals surface area (Å²) in [5, 5.41) is 5.77. The van der Waals surface area contributed by atoms with Gasteiger partial charge in [-0.2, -0.15) is 0 Å². The SMILES string of the molecule is CC(NC(=O)c1ccc2c(c1)NC(=O)CS2)C1CCCO1. The summed E-state index contributed by atoms with van der Waals surface area (Å²) in [5.41, 5.74) is 1.27. The van der Waals surface area contributed by atoms with Gasteiger partial charge in [0.05, 0.1) is 23.6 Å². The molecule has 1 aromatic rings. The highest BCUT2D eigenvalue weighted by molar-refractivity contribution is 8.00. The Hall–Kier alpha value is -1.53. The molecule has 0 saturated carbocycles. The topological polar surface area (TPSA) is 67.4 Å². The molecule has 21 heavy (non-hydrogen) atoms. The minimum atomic E-state index is -0.134. The van der Waals surface area contributed by atoms with Crippen molar-refractivity contribution in [1.82, 2.24) is 5.32 Å². The number of benzene rings is 1. The number of fused-ring (bicyclic) bond motifs is 1. The Morgan fingerprint density at radius 2 is 2.38 bits per heavy atom. The van der Waals surface area contributed by atoms with E-state index in [-0.39, 0.29) is 24.0 Å². The first kappa shape index (κ1) is 14.4. The fourth-order valence-electron chi connectivity index (χ4n) is 2.60. The van der Waals surface area contributed by atoms with E-state index in [0.29, 0.717) is 17.0 Å². The zero-order chi connectivity index (χ0) is 14.8. The highest BCUT2D eigenvalue weighted by Crippen LogP contribution is 2.32. The van der Waals surface area contributed by atoms with Crippen LogP contribution in [0.2, 0.25) is 0 Å². The normalized spacial score (nSPS) is 22.3. The number of rotatable bonds is 3. The Balaban J connectivity index is 1.69. The van der Waals surface area contributed by atoms with Gasteiger partial charge >= 0.3 is 0 Å². The van der Waals surface area contributed by atoms with Gasteiger partial charge in [-0.3, -0.25) is 9.59 Å². The van der Waals surface area contributed by atoms with Crippen molar-refractivity contribution in [2.75, 3.05) is 17.7 Å². The van der Waals surface area contributed by atoms with E-state index in [4.69, 9.17) is 4.74 Å². The summed E-state index contributed by atoms with van der Waals surface area (Å²) in [5.74, 6) is 0.262. The van der Waals surface area contributed by atoms with Gasteiger partial charge in [-0.25, -0.2) is 0 Å². The van der Waals surface area contributed by atoms with Gasteiger partial charge in [0.1, 0.15) is 0 Å². The van der Waals surface area contributed by atoms with Gasteiger partial charge in [0, 0.05) is 17.1 Å². The van der Waals surface area contributed by atoms with Crippen LogP contribution >= 0.6 is 11.8 Å². The van der Waals surface area contributed by atoms with Crippen molar-refractivity contribution in [3.05, 3.63) is 23.8 Å². The Morgan fingerprint density at radius 1 is 1.52 bits per heavy atom. The molecule has 2 aliphatic rings. The van der Waals surface area contributed by atoms with Crippen molar-refractivity contribution >= 4 is 29.3 Å². The minimum absolute atomic E-state index is 0.0139. The molecule has 0 spiro atoms. The Kier molecular flexibility index (Phi) is 4.17. The molecule has 0 bridgehead atoms. The molecule has 6 heteroatoms. The van der Waals surface area contributed by atoms with Crippen molar-refractivity contribution in [2.45, 2.75) is 36.8 Å². The Morgan fingerprint density at radius 3 is 3.14 bits per heavy atom. The summed E-state index contributed by atoms with van der Waals surface area (Å²) in [6.45, 7) is 2.73. The molecular formula is C15H18N2O3S. The summed E-state index contributed by atoms with van der Waals surface area (Å²) < 4.78 is 5.58. The summed E-state index contributed by atoms with van der Waals surface area (Å²) in [6.07, 6.45) is 2.13. The van der Waals surface area contributed by atoms with Crippen molar-refractivity contribution in [3.8, 4) is 0 Å². The van der Waals surface area contributed by atoms with Crippen LogP contribution in [0.4, 0.5) is 5.69 Å². The molecule has 5 nitrogen and oxygen atoms in total. The van der Waals surface area contributed by atoms with Gasteiger partial charge in [-0.1, -0.05) is 0 Å². The Labute approximate surface area is 127 Å². The van der Waals surface area contributed by atoms with Gasteiger partial charge in [0.15, 0.2) is 0 Å². The summed E-state index contributed by atoms with van der Waals surface area (Å²) in [7, 11) is 0. The van der Waals surface area contributed by atoms with Crippen LogP contribution in [0.1, 0.15) is 30.1 Å². The van der Waals surface area contributed by atoms with E-state index < -0.39 is 0 Å². The maximum absolute atomic E-state index is 12.3. The highest BCUT2D eigenvalue weighted by atomic mass is 32.2. The fraction of sp³-hybridized carbons (Fsp3) is 0.467. The van der Waals surface area contributed by atoms with Crippen LogP contribution in [0.3, 0.4) is 0 Å². The van der Waals surface area contributed by atoms with Gasteiger partial charge in [-0.15, -0.1) is 11.8 Å². The summed E-state index contributed by atoms with van der Waals surface area (Å²) in [4.78, 5) is 24.7. The van der Waals surface area contributed by atoms with Crippen LogP contribution in [0.5, 0.6) is 0 Å². The molecule has 112 valence electrons. The van der Waals surface area contributed by atoms with Crippen LogP contribution in [0.15, 0.2) is 23.1 Å². The van der Waals surface area contributed by atoms with Gasteiger partial charge in [0.25, 0.3) is 5.91 Å². The number of nitrogens with one attached hydrogen (secondary N) is 2. The minimum Gasteiger partial charge on any atom is -0.376 e. The predicted molar refractivity (Wildman–Crippen MR) is 81.7 cm³/mol. The number of carbonyl (C=O) groups excluding carboxylic acids is 2. The first-order chi connectivity index (χ1) is 10.1. The van der Waals surface area contributed by atoms with Crippen molar-refractivity contribution in [2.24, 2.45) is 0 Å². The van der Waals surface area contributed by atoms with Crippen LogP contribution in [-0.2, 0) is 9.53 Å². The van der Waals surface area contributed by atoms with Crippen molar-refractivity contribution < 1.29 is 14.3 Å². The molecule has 3 rings (SSSR count). The average Bonchev–Trinajstić information content (AvgIpc) is 3.00. The van der Waals surface area contributed by atoms with Crippen molar-refractivity contribution in [3.63, 3.8) is 0 Å². The second-order valence-electron chi connectivity index (χ2n) is 5.36. The highest BCUT2D eigenvalue weighted by Gasteiger charge is 2.24. The number of amides is 2. The van der Waals surface area contributed by atoms with E-state index in [1.165, 1.54) is 11.8 Å². The molecule has 1 fully saturated rings. The molecular weight excluding hydrogens is 288 g/mol. The van der Waals surface area contributed by atoms with Crippen LogP contribution in [0, 0.1) is 0 Å². The van der Waals surface area contributed by atoms with Gasteiger partial charge in [0.2, 0.25) is 5.91 Å². The largest absolute Gasteiger partial charge is 0.376 e. The van der Waals surface area contributed by atoms with Crippen LogP contribution < -0.4 is 10.6 Å². The maximum Gasteiger partial charge on any atom is 0.251 e. The summed E-state index contributed by atoms with van der Waals surface area (Å²) in [6, 6.07) is 5.39. The number of carbonyl (C=O) groups is 2. The monoisotopic (exact) mass is 306 g/mol. The number of hydrogen-bond donors (Lipinski definition) is 2. The van der Waals surface area contributed by atoms with Crippen molar-refractivity contribution in [1.29, 1.82) is 0 Å². The molecule has 0 aliphatic carbocycles. The molecule has 2 N–H and O–H groups in total. The molecule has 2 atom stereocenters. The standard InChI is InChI=1S/C15H18N2O3S/c1-9(12-3-2-6-20-12)16-15(19)10-4-5-13-11(7-10)17-14(18)8-21-13/h4-5,7,9,12H,2-3,6,8H2,1H3,(H,16,19)(H,17,18). The molecule has 0 radical (unpaired) electrons. The first-order valence-electron chi connectivity index (χ1n) is 7.12. The number of ether oxygens (including phenoxy) is 1. The van der Waals surface area contributed by atoms with Gasteiger partial charge < -0.3 is 15.4 Å². The summed E-state index contributed by atoms with van der Waals surface area (Å²) >= 11 is 1.49. The van der Waals surface area contributed by atoms with E-state index in [2.05, 4.69) is 10.6 Å². The second kappa shape index (κ2) is 6.07. The van der Waals surface area contributed by atoms with Crippen LogP contribution in [-0.4, -0.2) is 36.3 Å². The lowest BCUT2D eigenvalue weighted by Crippen LogP contribution is -2.40. The smallest absolute Gasteiger partial charge is 0.251 e. The third-order valence-corrected chi connectivity index (χ3v) is 4.83. The predicted octanol–water partition coefficient (Wildman–Crippen LogP) is 2.03. The molecule has 2 amide bonds. The third-order valence-electron chi connectivity index (χ3n) is 3.76. The van der Waals surface area contributed by atoms with E-state index in [1.807, 2.05) is 13.0 Å². The third kappa shape index (κ3) is 3.22. The lowest BCUT2D eigenvalue weighted by atomic mass is 10.1. The molecule has 1 saturated heterocycles. The number of anilines is 1. The Bertz CT molecular complexity index is 570. The average molecular weight is 306 g/mol. The lowest BCUT2D eigenvalue weighted by Gasteiger charge is -2.21. The molecule has 2 aliphatic heterocycles. The van der Waals surface area contributed by atoms with Crippen LogP contribution in [0.25, 0.3) is 0 Å². The van der Waals surface area contributed by atoms with E-state index >= 15 is 0 Å².